The Morgan fingerprint density at radius 2 is 2.00 bits per heavy atom. The zero-order chi connectivity index (χ0) is 23.0. The molecule has 2 bridgehead atoms. The average molecular weight is 445 g/mol. The maximum atomic E-state index is 13.7. The van der Waals surface area contributed by atoms with E-state index in [1.54, 1.807) is 11.8 Å². The molecule has 0 unspecified atom stereocenters. The van der Waals surface area contributed by atoms with E-state index < -0.39 is 35.6 Å². The predicted octanol–water partition coefficient (Wildman–Crippen LogP) is 1.95. The van der Waals surface area contributed by atoms with Crippen molar-refractivity contribution in [3.8, 4) is 0 Å². The first-order chi connectivity index (χ1) is 15.4. The Hall–Kier alpha value is -2.45. The molecule has 3 saturated heterocycles. The molecule has 2 N–H and O–H groups in total. The number of carbonyl (C=O) groups is 3. The lowest BCUT2D eigenvalue weighted by Crippen LogP contribution is -2.53. The number of hydrogen-bond acceptors (Lipinski definition) is 6. The van der Waals surface area contributed by atoms with Gasteiger partial charge in [-0.3, -0.25) is 14.4 Å². The van der Waals surface area contributed by atoms with Crippen molar-refractivity contribution in [2.75, 3.05) is 25.1 Å². The second kappa shape index (κ2) is 8.83. The van der Waals surface area contributed by atoms with Crippen LogP contribution in [0.15, 0.2) is 18.2 Å². The number of carbonyl (C=O) groups excluding carboxylic acids is 3. The summed E-state index contributed by atoms with van der Waals surface area (Å²) in [5.41, 5.74) is 1.57. The van der Waals surface area contributed by atoms with Gasteiger partial charge in [0.05, 0.1) is 24.5 Å². The van der Waals surface area contributed by atoms with Crippen molar-refractivity contribution in [3.05, 3.63) is 29.3 Å². The number of para-hydroxylation sites is 1. The molecular formula is C24H32N2O6. The summed E-state index contributed by atoms with van der Waals surface area (Å²) in [5, 5.41) is 12.2. The topological polar surface area (TPSA) is 105 Å². The van der Waals surface area contributed by atoms with Crippen LogP contribution in [-0.2, 0) is 23.9 Å². The van der Waals surface area contributed by atoms with E-state index in [1.807, 2.05) is 32.0 Å². The SMILES string of the molecule is CCOC(=O)[C@@H]1[C@H]2C(=O)N(CCCCO)[C@H](C(=O)Nc3c(C)cccc3C)[C@]23CC[C@H]1O3. The molecule has 3 aliphatic heterocycles. The number of aliphatic hydroxyl groups excluding tert-OH is 1. The summed E-state index contributed by atoms with van der Waals surface area (Å²) in [7, 11) is 0. The van der Waals surface area contributed by atoms with E-state index in [9.17, 15) is 19.5 Å². The number of aryl methyl sites for hydroxylation is 2. The monoisotopic (exact) mass is 444 g/mol. The summed E-state index contributed by atoms with van der Waals surface area (Å²) in [6.07, 6.45) is 1.84. The fourth-order valence-electron chi connectivity index (χ4n) is 5.80. The standard InChI is InChI=1S/C24H32N2O6/c1-4-31-23(30)17-16-10-11-24(32-16)18(17)22(29)26(12-5-6-13-27)20(24)21(28)25-19-14(2)8-7-9-15(19)3/h7-9,16-18,20,27H,4-6,10-13H2,1-3H3,(H,25,28)/t16-,17+,18+,20-,24+/m1/s1. The van der Waals surface area contributed by atoms with E-state index >= 15 is 0 Å². The summed E-state index contributed by atoms with van der Waals surface area (Å²) >= 11 is 0. The highest BCUT2D eigenvalue weighted by molar-refractivity contribution is 6.03. The second-order valence-electron chi connectivity index (χ2n) is 9.03. The number of likely N-dealkylation sites (tertiary alicyclic amines) is 1. The fraction of sp³-hybridized carbons (Fsp3) is 0.625. The molecule has 0 radical (unpaired) electrons. The van der Waals surface area contributed by atoms with Crippen LogP contribution in [0.3, 0.4) is 0 Å². The molecule has 4 rings (SSSR count). The van der Waals surface area contributed by atoms with E-state index in [0.29, 0.717) is 32.2 Å². The van der Waals surface area contributed by atoms with Gasteiger partial charge < -0.3 is 24.8 Å². The van der Waals surface area contributed by atoms with Crippen molar-refractivity contribution in [3.63, 3.8) is 0 Å². The third-order valence-corrected chi connectivity index (χ3v) is 7.14. The van der Waals surface area contributed by atoms with Gasteiger partial charge in [0.1, 0.15) is 11.6 Å². The van der Waals surface area contributed by atoms with Crippen LogP contribution in [0.4, 0.5) is 5.69 Å². The molecule has 1 aromatic rings. The van der Waals surface area contributed by atoms with E-state index in [1.165, 1.54) is 0 Å². The molecule has 3 fully saturated rings. The number of unbranched alkanes of at least 4 members (excludes halogenated alkanes) is 1. The van der Waals surface area contributed by atoms with Crippen molar-refractivity contribution in [1.82, 2.24) is 4.90 Å². The van der Waals surface area contributed by atoms with Gasteiger partial charge in [-0.05, 0) is 57.6 Å². The smallest absolute Gasteiger partial charge is 0.312 e. The Bertz CT molecular complexity index is 898. The molecule has 32 heavy (non-hydrogen) atoms. The molecule has 0 aliphatic carbocycles. The minimum Gasteiger partial charge on any atom is -0.466 e. The Morgan fingerprint density at radius 1 is 1.28 bits per heavy atom. The average Bonchev–Trinajstić information content (AvgIpc) is 3.39. The minimum atomic E-state index is -1.03. The number of aliphatic hydroxyl groups is 1. The van der Waals surface area contributed by atoms with Crippen LogP contribution in [0.2, 0.25) is 0 Å². The van der Waals surface area contributed by atoms with Gasteiger partial charge in [-0.15, -0.1) is 0 Å². The fourth-order valence-corrected chi connectivity index (χ4v) is 5.80. The normalized spacial score (nSPS) is 30.5. The van der Waals surface area contributed by atoms with Gasteiger partial charge in [0.2, 0.25) is 11.8 Å². The van der Waals surface area contributed by atoms with E-state index in [2.05, 4.69) is 5.32 Å². The Labute approximate surface area is 188 Å². The first-order valence-corrected chi connectivity index (χ1v) is 11.5. The number of hydrogen-bond donors (Lipinski definition) is 2. The number of benzene rings is 1. The lowest BCUT2D eigenvalue weighted by molar-refractivity contribution is -0.154. The summed E-state index contributed by atoms with van der Waals surface area (Å²) in [5.74, 6) is -2.36. The van der Waals surface area contributed by atoms with Crippen molar-refractivity contribution in [2.45, 2.75) is 64.2 Å². The van der Waals surface area contributed by atoms with Crippen LogP contribution in [0.25, 0.3) is 0 Å². The largest absolute Gasteiger partial charge is 0.466 e. The highest BCUT2D eigenvalue weighted by Gasteiger charge is 2.74. The van der Waals surface area contributed by atoms with Crippen molar-refractivity contribution in [1.29, 1.82) is 0 Å². The number of ether oxygens (including phenoxy) is 2. The third kappa shape index (κ3) is 3.49. The first-order valence-electron chi connectivity index (χ1n) is 11.5. The van der Waals surface area contributed by atoms with Gasteiger partial charge >= 0.3 is 5.97 Å². The molecule has 0 saturated carbocycles. The zero-order valence-electron chi connectivity index (χ0n) is 18.9. The van der Waals surface area contributed by atoms with Gasteiger partial charge in [-0.1, -0.05) is 18.2 Å². The number of nitrogens with zero attached hydrogens (tertiary/aromatic N) is 1. The Morgan fingerprint density at radius 3 is 2.66 bits per heavy atom. The van der Waals surface area contributed by atoms with Crippen LogP contribution in [0.5, 0.6) is 0 Å². The van der Waals surface area contributed by atoms with Crippen molar-refractivity contribution in [2.24, 2.45) is 11.8 Å². The second-order valence-corrected chi connectivity index (χ2v) is 9.03. The lowest BCUT2D eigenvalue weighted by atomic mass is 9.70. The predicted molar refractivity (Wildman–Crippen MR) is 117 cm³/mol. The van der Waals surface area contributed by atoms with Crippen molar-refractivity contribution >= 4 is 23.5 Å². The van der Waals surface area contributed by atoms with Crippen LogP contribution >= 0.6 is 0 Å². The molecule has 3 heterocycles. The summed E-state index contributed by atoms with van der Waals surface area (Å²) in [6.45, 7) is 6.16. The number of nitrogens with one attached hydrogen (secondary N) is 1. The van der Waals surface area contributed by atoms with Gasteiger partial charge in [0.25, 0.3) is 0 Å². The Kier molecular flexibility index (Phi) is 6.27. The summed E-state index contributed by atoms with van der Waals surface area (Å²) in [4.78, 5) is 41.6. The van der Waals surface area contributed by atoms with Crippen LogP contribution in [0.1, 0.15) is 43.7 Å². The van der Waals surface area contributed by atoms with Gasteiger partial charge in [-0.2, -0.15) is 0 Å². The molecule has 1 spiro atoms. The molecule has 5 atom stereocenters. The quantitative estimate of drug-likeness (QED) is 0.469. The highest BCUT2D eigenvalue weighted by Crippen LogP contribution is 2.58. The van der Waals surface area contributed by atoms with Crippen LogP contribution < -0.4 is 5.32 Å². The summed E-state index contributed by atoms with van der Waals surface area (Å²) < 4.78 is 11.6. The van der Waals surface area contributed by atoms with Gasteiger partial charge in [0.15, 0.2) is 0 Å². The molecular weight excluding hydrogens is 412 g/mol. The van der Waals surface area contributed by atoms with Crippen molar-refractivity contribution < 1.29 is 29.0 Å². The summed E-state index contributed by atoms with van der Waals surface area (Å²) in [6, 6.07) is 4.96. The van der Waals surface area contributed by atoms with E-state index in [4.69, 9.17) is 9.47 Å². The molecule has 1 aromatic carbocycles. The molecule has 0 aromatic heterocycles. The molecule has 8 heteroatoms. The molecule has 2 amide bonds. The minimum absolute atomic E-state index is 0.0138. The maximum Gasteiger partial charge on any atom is 0.312 e. The number of rotatable bonds is 8. The highest BCUT2D eigenvalue weighted by atomic mass is 16.6. The molecule has 8 nitrogen and oxygen atoms in total. The first kappa shape index (κ1) is 22.7. The maximum absolute atomic E-state index is 13.7. The number of fused-ring (bicyclic) bond motifs is 1. The van der Waals surface area contributed by atoms with Gasteiger partial charge in [0, 0.05) is 18.8 Å². The zero-order valence-corrected chi connectivity index (χ0v) is 18.9. The molecule has 3 aliphatic rings. The number of anilines is 1. The molecule has 174 valence electrons. The third-order valence-electron chi connectivity index (χ3n) is 7.14. The van der Waals surface area contributed by atoms with Crippen LogP contribution in [-0.4, -0.2) is 65.3 Å². The Balaban J connectivity index is 1.69. The van der Waals surface area contributed by atoms with Crippen LogP contribution in [0, 0.1) is 25.7 Å². The lowest BCUT2D eigenvalue weighted by Gasteiger charge is -2.33. The van der Waals surface area contributed by atoms with Gasteiger partial charge in [-0.25, -0.2) is 0 Å². The van der Waals surface area contributed by atoms with E-state index in [-0.39, 0.29) is 25.0 Å². The van der Waals surface area contributed by atoms with E-state index in [0.717, 1.165) is 16.8 Å². The number of esters is 1. The number of amides is 2.